The Morgan fingerprint density at radius 2 is 2.17 bits per heavy atom. The molecule has 1 heterocycles. The van der Waals surface area contributed by atoms with E-state index >= 15 is 0 Å². The minimum Gasteiger partial charge on any atom is -0.393 e. The number of rotatable bonds is 6. The van der Waals surface area contributed by atoms with Gasteiger partial charge in [-0.15, -0.1) is 0 Å². The Bertz CT molecular complexity index is 381. The number of nitrogens with zero attached hydrogens (tertiary/aromatic N) is 1. The molecule has 18 heavy (non-hydrogen) atoms. The van der Waals surface area contributed by atoms with Crippen molar-refractivity contribution in [3.63, 3.8) is 0 Å². The SMILES string of the molecule is CCC(O)CCNC(=O)C(C)c1c(C)noc1C. The fraction of sp³-hybridized carbons (Fsp3) is 0.692. The summed E-state index contributed by atoms with van der Waals surface area (Å²) in [4.78, 5) is 12.0. The molecule has 2 N–H and O–H groups in total. The predicted octanol–water partition coefficient (Wildman–Crippen LogP) is 1.67. The number of aromatic nitrogens is 1. The molecule has 0 spiro atoms. The zero-order valence-electron chi connectivity index (χ0n) is 11.5. The second-order valence-electron chi connectivity index (χ2n) is 4.60. The van der Waals surface area contributed by atoms with Crippen LogP contribution in [0.4, 0.5) is 0 Å². The highest BCUT2D eigenvalue weighted by molar-refractivity contribution is 5.83. The first-order valence-electron chi connectivity index (χ1n) is 6.35. The van der Waals surface area contributed by atoms with Gasteiger partial charge in [0, 0.05) is 12.1 Å². The minimum absolute atomic E-state index is 0.0623. The molecule has 5 nitrogen and oxygen atoms in total. The van der Waals surface area contributed by atoms with Crippen LogP contribution < -0.4 is 5.32 Å². The van der Waals surface area contributed by atoms with Crippen LogP contribution in [0.25, 0.3) is 0 Å². The van der Waals surface area contributed by atoms with Gasteiger partial charge in [0.15, 0.2) is 0 Å². The topological polar surface area (TPSA) is 75.4 Å². The summed E-state index contributed by atoms with van der Waals surface area (Å²) in [6.45, 7) is 7.87. The molecule has 0 fully saturated rings. The van der Waals surface area contributed by atoms with E-state index in [4.69, 9.17) is 4.52 Å². The van der Waals surface area contributed by atoms with Crippen molar-refractivity contribution in [2.24, 2.45) is 0 Å². The molecule has 1 aromatic heterocycles. The Morgan fingerprint density at radius 3 is 2.67 bits per heavy atom. The molecule has 0 aliphatic carbocycles. The summed E-state index contributed by atoms with van der Waals surface area (Å²) >= 11 is 0. The van der Waals surface area contributed by atoms with E-state index in [1.165, 1.54) is 0 Å². The number of amides is 1. The third-order valence-electron chi connectivity index (χ3n) is 3.16. The number of carbonyl (C=O) groups is 1. The Labute approximate surface area is 108 Å². The fourth-order valence-electron chi connectivity index (χ4n) is 1.96. The lowest BCUT2D eigenvalue weighted by atomic mass is 9.98. The lowest BCUT2D eigenvalue weighted by Crippen LogP contribution is -2.31. The summed E-state index contributed by atoms with van der Waals surface area (Å²) in [6.07, 6.45) is 0.936. The van der Waals surface area contributed by atoms with Gasteiger partial charge in [-0.1, -0.05) is 12.1 Å². The van der Waals surface area contributed by atoms with E-state index in [1.807, 2.05) is 20.8 Å². The average Bonchev–Trinajstić information content (AvgIpc) is 2.67. The number of carbonyl (C=O) groups excluding carboxylic acids is 1. The third-order valence-corrected chi connectivity index (χ3v) is 3.16. The van der Waals surface area contributed by atoms with Crippen molar-refractivity contribution < 1.29 is 14.4 Å². The predicted molar refractivity (Wildman–Crippen MR) is 68.3 cm³/mol. The number of hydrogen-bond acceptors (Lipinski definition) is 4. The second kappa shape index (κ2) is 6.54. The second-order valence-corrected chi connectivity index (χ2v) is 4.60. The first-order valence-corrected chi connectivity index (χ1v) is 6.35. The van der Waals surface area contributed by atoms with E-state index in [0.29, 0.717) is 25.1 Å². The van der Waals surface area contributed by atoms with Gasteiger partial charge in [0.25, 0.3) is 0 Å². The molecular weight excluding hydrogens is 232 g/mol. The zero-order valence-corrected chi connectivity index (χ0v) is 11.5. The smallest absolute Gasteiger partial charge is 0.227 e. The molecule has 0 aromatic carbocycles. The fourth-order valence-corrected chi connectivity index (χ4v) is 1.96. The summed E-state index contributed by atoms with van der Waals surface area (Å²) in [5, 5.41) is 16.1. The van der Waals surface area contributed by atoms with Crippen LogP contribution in [0, 0.1) is 13.8 Å². The molecule has 0 saturated heterocycles. The summed E-state index contributed by atoms with van der Waals surface area (Å²) in [5.74, 6) is 0.339. The van der Waals surface area contributed by atoms with Crippen LogP contribution in [-0.2, 0) is 4.79 Å². The molecule has 0 saturated carbocycles. The molecule has 2 atom stereocenters. The monoisotopic (exact) mass is 254 g/mol. The van der Waals surface area contributed by atoms with Gasteiger partial charge >= 0.3 is 0 Å². The zero-order chi connectivity index (χ0) is 13.7. The Morgan fingerprint density at radius 1 is 1.50 bits per heavy atom. The minimum atomic E-state index is -0.348. The molecular formula is C13H22N2O3. The summed E-state index contributed by atoms with van der Waals surface area (Å²) in [7, 11) is 0. The van der Waals surface area contributed by atoms with Gasteiger partial charge in [-0.2, -0.15) is 0 Å². The van der Waals surface area contributed by atoms with Gasteiger partial charge in [0.1, 0.15) is 5.76 Å². The maximum atomic E-state index is 12.0. The first kappa shape index (κ1) is 14.7. The Balaban J connectivity index is 2.52. The summed E-state index contributed by atoms with van der Waals surface area (Å²) in [6, 6.07) is 0. The van der Waals surface area contributed by atoms with E-state index in [0.717, 1.165) is 11.3 Å². The highest BCUT2D eigenvalue weighted by Crippen LogP contribution is 2.22. The number of aryl methyl sites for hydroxylation is 2. The van der Waals surface area contributed by atoms with Crippen LogP contribution in [-0.4, -0.2) is 28.8 Å². The lowest BCUT2D eigenvalue weighted by molar-refractivity contribution is -0.122. The van der Waals surface area contributed by atoms with Gasteiger partial charge in [0.05, 0.1) is 17.7 Å². The Kier molecular flexibility index (Phi) is 5.34. The Hall–Kier alpha value is -1.36. The van der Waals surface area contributed by atoms with E-state index in [1.54, 1.807) is 6.92 Å². The van der Waals surface area contributed by atoms with Crippen LogP contribution >= 0.6 is 0 Å². The van der Waals surface area contributed by atoms with Crippen molar-refractivity contribution in [1.29, 1.82) is 0 Å². The molecule has 0 radical (unpaired) electrons. The van der Waals surface area contributed by atoms with Crippen molar-refractivity contribution in [2.75, 3.05) is 6.54 Å². The maximum absolute atomic E-state index is 12.0. The van der Waals surface area contributed by atoms with Crippen LogP contribution in [0.2, 0.25) is 0 Å². The third kappa shape index (κ3) is 3.57. The molecule has 2 unspecified atom stereocenters. The summed E-state index contributed by atoms with van der Waals surface area (Å²) < 4.78 is 5.06. The van der Waals surface area contributed by atoms with Crippen molar-refractivity contribution >= 4 is 5.91 Å². The van der Waals surface area contributed by atoms with Crippen LogP contribution in [0.3, 0.4) is 0 Å². The molecule has 5 heteroatoms. The standard InChI is InChI=1S/C13H22N2O3/c1-5-11(16)6-7-14-13(17)8(2)12-9(3)15-18-10(12)4/h8,11,16H,5-7H2,1-4H3,(H,14,17). The van der Waals surface area contributed by atoms with Gasteiger partial charge in [-0.3, -0.25) is 4.79 Å². The highest BCUT2D eigenvalue weighted by Gasteiger charge is 2.22. The molecule has 1 aromatic rings. The van der Waals surface area contributed by atoms with E-state index in [-0.39, 0.29) is 17.9 Å². The van der Waals surface area contributed by atoms with Crippen LogP contribution in [0.15, 0.2) is 4.52 Å². The average molecular weight is 254 g/mol. The number of hydrogen-bond donors (Lipinski definition) is 2. The van der Waals surface area contributed by atoms with Gasteiger partial charge in [-0.05, 0) is 33.6 Å². The highest BCUT2D eigenvalue weighted by atomic mass is 16.5. The largest absolute Gasteiger partial charge is 0.393 e. The maximum Gasteiger partial charge on any atom is 0.227 e. The van der Waals surface area contributed by atoms with Crippen molar-refractivity contribution in [3.8, 4) is 0 Å². The van der Waals surface area contributed by atoms with Crippen LogP contribution in [0.1, 0.15) is 49.6 Å². The lowest BCUT2D eigenvalue weighted by Gasteiger charge is -2.13. The summed E-state index contributed by atoms with van der Waals surface area (Å²) in [5.41, 5.74) is 1.60. The number of nitrogens with one attached hydrogen (secondary N) is 1. The molecule has 102 valence electrons. The number of aliphatic hydroxyl groups excluding tert-OH is 1. The number of aliphatic hydroxyl groups is 1. The molecule has 1 amide bonds. The van der Waals surface area contributed by atoms with Gasteiger partial charge < -0.3 is 14.9 Å². The normalized spacial score (nSPS) is 14.3. The molecule has 1 rings (SSSR count). The van der Waals surface area contributed by atoms with E-state index < -0.39 is 0 Å². The van der Waals surface area contributed by atoms with Gasteiger partial charge in [0.2, 0.25) is 5.91 Å². The van der Waals surface area contributed by atoms with Crippen molar-refractivity contribution in [1.82, 2.24) is 10.5 Å². The van der Waals surface area contributed by atoms with E-state index in [9.17, 15) is 9.90 Å². The van der Waals surface area contributed by atoms with Crippen molar-refractivity contribution in [2.45, 2.75) is 52.6 Å². The first-order chi connectivity index (χ1) is 8.47. The molecule has 0 aliphatic heterocycles. The van der Waals surface area contributed by atoms with Gasteiger partial charge in [-0.25, -0.2) is 0 Å². The van der Waals surface area contributed by atoms with Crippen molar-refractivity contribution in [3.05, 3.63) is 17.0 Å². The molecule has 0 aliphatic rings. The van der Waals surface area contributed by atoms with Crippen LogP contribution in [0.5, 0.6) is 0 Å². The van der Waals surface area contributed by atoms with E-state index in [2.05, 4.69) is 10.5 Å². The quantitative estimate of drug-likeness (QED) is 0.809. The molecule has 0 bridgehead atoms.